The molecule has 0 fully saturated rings. The fraction of sp³-hybridized carbons (Fsp3) is 0.423. The number of hydrogen-bond donors (Lipinski definition) is 0. The van der Waals surface area contributed by atoms with Gasteiger partial charge >= 0.3 is 0 Å². The highest BCUT2D eigenvalue weighted by Gasteiger charge is 2.26. The number of para-hydroxylation sites is 1. The lowest BCUT2D eigenvalue weighted by Crippen LogP contribution is -2.30. The van der Waals surface area contributed by atoms with Crippen molar-refractivity contribution < 1.29 is 9.53 Å². The minimum Gasteiger partial charge on any atom is -0.483 e. The first-order valence-electron chi connectivity index (χ1n) is 11.6. The number of amides is 1. The first-order chi connectivity index (χ1) is 15.8. The molecule has 0 spiro atoms. The average molecular weight is 465 g/mol. The Morgan fingerprint density at radius 2 is 1.76 bits per heavy atom. The fourth-order valence-corrected chi connectivity index (χ4v) is 5.09. The molecule has 1 atom stereocenters. The summed E-state index contributed by atoms with van der Waals surface area (Å²) in [6, 6.07) is 16.5. The van der Waals surface area contributed by atoms with E-state index in [0.717, 1.165) is 35.4 Å². The van der Waals surface area contributed by atoms with Crippen LogP contribution in [0.4, 0.5) is 5.69 Å². The van der Waals surface area contributed by atoms with Crippen LogP contribution < -0.4 is 9.64 Å². The third-order valence-electron chi connectivity index (χ3n) is 5.94. The highest BCUT2D eigenvalue weighted by atomic mass is 32.2. The van der Waals surface area contributed by atoms with E-state index in [2.05, 4.69) is 60.7 Å². The van der Waals surface area contributed by atoms with Gasteiger partial charge < -0.3 is 14.2 Å². The van der Waals surface area contributed by atoms with Gasteiger partial charge in [0, 0.05) is 18.3 Å². The van der Waals surface area contributed by atoms with Gasteiger partial charge in [0.1, 0.15) is 5.75 Å². The van der Waals surface area contributed by atoms with E-state index >= 15 is 0 Å². The Morgan fingerprint density at radius 1 is 1.03 bits per heavy atom. The molecular formula is C26H32N4O2S. The summed E-state index contributed by atoms with van der Waals surface area (Å²) in [5, 5.41) is 9.58. The van der Waals surface area contributed by atoms with Crippen LogP contribution in [0.5, 0.6) is 5.75 Å². The second kappa shape index (κ2) is 10.00. The van der Waals surface area contributed by atoms with Crippen molar-refractivity contribution in [2.24, 2.45) is 0 Å². The second-order valence-electron chi connectivity index (χ2n) is 9.00. The maximum atomic E-state index is 12.9. The van der Waals surface area contributed by atoms with Crippen molar-refractivity contribution in [1.82, 2.24) is 14.8 Å². The predicted molar refractivity (Wildman–Crippen MR) is 133 cm³/mol. The number of aromatic nitrogens is 3. The molecule has 1 aliphatic heterocycles. The average Bonchev–Trinajstić information content (AvgIpc) is 3.42. The molecule has 1 aromatic heterocycles. The zero-order valence-corrected chi connectivity index (χ0v) is 20.8. The molecular weight excluding hydrogens is 432 g/mol. The maximum absolute atomic E-state index is 12.9. The summed E-state index contributed by atoms with van der Waals surface area (Å²) in [5.41, 5.74) is 3.54. The van der Waals surface area contributed by atoms with Crippen LogP contribution in [-0.4, -0.2) is 33.0 Å². The van der Waals surface area contributed by atoms with E-state index in [1.807, 2.05) is 42.2 Å². The summed E-state index contributed by atoms with van der Waals surface area (Å²) in [4.78, 5) is 14.8. The highest BCUT2D eigenvalue weighted by molar-refractivity contribution is 7.99. The number of nitrogens with zero attached hydrogens (tertiary/aromatic N) is 4. The van der Waals surface area contributed by atoms with Gasteiger partial charge in [0.2, 0.25) is 5.91 Å². The third-order valence-corrected chi connectivity index (χ3v) is 6.87. The normalized spacial score (nSPS) is 14.1. The quantitative estimate of drug-likeness (QED) is 0.394. The Morgan fingerprint density at radius 3 is 2.45 bits per heavy atom. The number of carbonyl (C=O) groups is 1. The van der Waals surface area contributed by atoms with E-state index in [9.17, 15) is 4.79 Å². The summed E-state index contributed by atoms with van der Waals surface area (Å²) < 4.78 is 8.25. The lowest BCUT2D eigenvalue weighted by Gasteiger charge is -2.20. The van der Waals surface area contributed by atoms with Crippen molar-refractivity contribution in [2.75, 3.05) is 17.2 Å². The number of benzene rings is 2. The van der Waals surface area contributed by atoms with Crippen LogP contribution in [0, 0.1) is 0 Å². The molecule has 6 nitrogen and oxygen atoms in total. The van der Waals surface area contributed by atoms with Gasteiger partial charge in [-0.05, 0) is 62.4 Å². The molecule has 4 rings (SSSR count). The van der Waals surface area contributed by atoms with Gasteiger partial charge in [-0.15, -0.1) is 10.2 Å². The van der Waals surface area contributed by atoms with Crippen LogP contribution in [0.25, 0.3) is 0 Å². The van der Waals surface area contributed by atoms with E-state index in [1.54, 1.807) is 0 Å². The van der Waals surface area contributed by atoms with Gasteiger partial charge in [-0.25, -0.2) is 0 Å². The molecule has 0 saturated carbocycles. The van der Waals surface area contributed by atoms with Gasteiger partial charge in [0.15, 0.2) is 17.1 Å². The molecule has 174 valence electrons. The minimum absolute atomic E-state index is 0.0966. The molecule has 7 heteroatoms. The van der Waals surface area contributed by atoms with Gasteiger partial charge in [-0.1, -0.05) is 55.9 Å². The zero-order chi connectivity index (χ0) is 23.5. The number of hydrogen-bond acceptors (Lipinski definition) is 5. The molecule has 3 aromatic rings. The Bertz CT molecular complexity index is 1110. The summed E-state index contributed by atoms with van der Waals surface area (Å²) in [6.45, 7) is 11.3. The van der Waals surface area contributed by atoms with Gasteiger partial charge in [0.05, 0.1) is 5.75 Å². The number of rotatable bonds is 8. The largest absolute Gasteiger partial charge is 0.483 e. The van der Waals surface area contributed by atoms with Crippen molar-refractivity contribution in [3.8, 4) is 5.75 Å². The molecule has 2 heterocycles. The van der Waals surface area contributed by atoms with Crippen molar-refractivity contribution in [2.45, 2.75) is 64.3 Å². The standard InChI is InChI=1S/C26H32N4O2S/c1-17(2)20-10-12-22(13-11-20)32-19(5)25-27-28-26(30(25)18(3)4)33-16-24(31)29-15-14-21-8-6-7-9-23(21)29/h6-13,17-19H,14-16H2,1-5H3. The second-order valence-corrected chi connectivity index (χ2v) is 9.94. The van der Waals surface area contributed by atoms with Crippen molar-refractivity contribution in [1.29, 1.82) is 0 Å². The van der Waals surface area contributed by atoms with Crippen LogP contribution in [0.15, 0.2) is 53.7 Å². The molecule has 0 N–H and O–H groups in total. The molecule has 0 bridgehead atoms. The number of thioether (sulfide) groups is 1. The Labute approximate surface area is 200 Å². The number of anilines is 1. The van der Waals surface area contributed by atoms with Gasteiger partial charge in [-0.3, -0.25) is 4.79 Å². The summed E-state index contributed by atoms with van der Waals surface area (Å²) >= 11 is 1.44. The Hall–Kier alpha value is -2.80. The number of ether oxygens (including phenoxy) is 1. The first kappa shape index (κ1) is 23.4. The van der Waals surface area contributed by atoms with Crippen molar-refractivity contribution in [3.05, 3.63) is 65.5 Å². The lowest BCUT2D eigenvalue weighted by molar-refractivity contribution is -0.116. The summed E-state index contributed by atoms with van der Waals surface area (Å²) in [6.07, 6.45) is 0.645. The van der Waals surface area contributed by atoms with Crippen LogP contribution in [0.3, 0.4) is 0 Å². The number of carbonyl (C=O) groups excluding carboxylic acids is 1. The fourth-order valence-electron chi connectivity index (χ4n) is 4.14. The van der Waals surface area contributed by atoms with Crippen molar-refractivity contribution in [3.63, 3.8) is 0 Å². The summed E-state index contributed by atoms with van der Waals surface area (Å²) in [7, 11) is 0. The third kappa shape index (κ3) is 5.08. The molecule has 0 saturated heterocycles. The summed E-state index contributed by atoms with van der Waals surface area (Å²) in [5.74, 6) is 2.48. The van der Waals surface area contributed by atoms with Crippen LogP contribution in [0.2, 0.25) is 0 Å². The molecule has 0 aliphatic carbocycles. The first-order valence-corrected chi connectivity index (χ1v) is 12.6. The monoisotopic (exact) mass is 464 g/mol. The molecule has 1 aliphatic rings. The SMILES string of the molecule is CC(C)c1ccc(OC(C)c2nnc(SCC(=O)N3CCc4ccccc43)n2C(C)C)cc1. The van der Waals surface area contributed by atoms with Crippen LogP contribution in [-0.2, 0) is 11.2 Å². The molecule has 33 heavy (non-hydrogen) atoms. The van der Waals surface area contributed by atoms with Crippen LogP contribution >= 0.6 is 11.8 Å². The van der Waals surface area contributed by atoms with Gasteiger partial charge in [-0.2, -0.15) is 0 Å². The molecule has 0 radical (unpaired) electrons. The zero-order valence-electron chi connectivity index (χ0n) is 20.0. The lowest BCUT2D eigenvalue weighted by atomic mass is 10.0. The van der Waals surface area contributed by atoms with E-state index in [-0.39, 0.29) is 18.1 Å². The van der Waals surface area contributed by atoms with E-state index in [1.165, 1.54) is 22.9 Å². The topological polar surface area (TPSA) is 60.3 Å². The molecule has 1 unspecified atom stereocenters. The van der Waals surface area contributed by atoms with Crippen LogP contribution in [0.1, 0.15) is 69.6 Å². The Balaban J connectivity index is 1.45. The molecule has 2 aromatic carbocycles. The van der Waals surface area contributed by atoms with Crippen molar-refractivity contribution >= 4 is 23.4 Å². The number of fused-ring (bicyclic) bond motifs is 1. The minimum atomic E-state index is -0.264. The maximum Gasteiger partial charge on any atom is 0.237 e. The van der Waals surface area contributed by atoms with E-state index < -0.39 is 0 Å². The van der Waals surface area contributed by atoms with E-state index in [0.29, 0.717) is 11.7 Å². The highest BCUT2D eigenvalue weighted by Crippen LogP contribution is 2.31. The Kier molecular flexibility index (Phi) is 7.08. The van der Waals surface area contributed by atoms with Gasteiger partial charge in [0.25, 0.3) is 0 Å². The molecule has 1 amide bonds. The smallest absolute Gasteiger partial charge is 0.237 e. The van der Waals surface area contributed by atoms with E-state index in [4.69, 9.17) is 4.74 Å². The predicted octanol–water partition coefficient (Wildman–Crippen LogP) is 5.80.